The van der Waals surface area contributed by atoms with Gasteiger partial charge in [-0.05, 0) is 42.3 Å². The number of fused-ring (bicyclic) bond motifs is 1. The van der Waals surface area contributed by atoms with E-state index < -0.39 is 6.10 Å². The maximum absolute atomic E-state index is 13.2. The van der Waals surface area contributed by atoms with Gasteiger partial charge in [-0.1, -0.05) is 18.2 Å². The van der Waals surface area contributed by atoms with E-state index in [9.17, 15) is 14.3 Å². The average molecular weight is 324 g/mol. The number of hydrogen-bond acceptors (Lipinski definition) is 2. The van der Waals surface area contributed by atoms with Crippen molar-refractivity contribution in [2.24, 2.45) is 0 Å². The molecule has 1 aliphatic heterocycles. The van der Waals surface area contributed by atoms with Crippen LogP contribution in [-0.2, 0) is 0 Å². The molecule has 122 valence electrons. The van der Waals surface area contributed by atoms with Crippen LogP contribution >= 0.6 is 0 Å². The maximum atomic E-state index is 13.2. The predicted octanol–water partition coefficient (Wildman–Crippen LogP) is 3.03. The number of hydrogen-bond donors (Lipinski definition) is 1. The highest BCUT2D eigenvalue weighted by Gasteiger charge is 2.36. The Labute approximate surface area is 138 Å². The minimum absolute atomic E-state index is 0.121. The summed E-state index contributed by atoms with van der Waals surface area (Å²) in [6.45, 7) is 0.285. The van der Waals surface area contributed by atoms with Crippen molar-refractivity contribution >= 4 is 11.4 Å². The van der Waals surface area contributed by atoms with Gasteiger partial charge in [-0.15, -0.1) is 0 Å². The summed E-state index contributed by atoms with van der Waals surface area (Å²) in [5.41, 5.74) is 2.37. The number of nitrogens with zero attached hydrogens (tertiary/aromatic N) is 2. The Hall–Kier alpha value is -2.66. The van der Waals surface area contributed by atoms with Crippen molar-refractivity contribution < 1.29 is 14.3 Å². The lowest BCUT2D eigenvalue weighted by Gasteiger charge is -2.24. The fourth-order valence-electron chi connectivity index (χ4n) is 3.38. The zero-order chi connectivity index (χ0) is 16.7. The second-order valence-corrected chi connectivity index (χ2v) is 6.18. The number of amides is 1. The van der Waals surface area contributed by atoms with Crippen molar-refractivity contribution in [1.29, 1.82) is 0 Å². The molecule has 2 atom stereocenters. The van der Waals surface area contributed by atoms with Gasteiger partial charge in [0.05, 0.1) is 17.7 Å². The molecule has 4 rings (SSSR count). The van der Waals surface area contributed by atoms with Crippen LogP contribution in [0.1, 0.15) is 28.4 Å². The molecule has 0 radical (unpaired) electrons. The van der Waals surface area contributed by atoms with E-state index in [1.54, 1.807) is 23.2 Å². The fourth-order valence-corrected chi connectivity index (χ4v) is 3.38. The first-order chi connectivity index (χ1) is 11.6. The average Bonchev–Trinajstić information content (AvgIpc) is 3.18. The highest BCUT2D eigenvalue weighted by molar-refractivity contribution is 5.96. The normalized spacial score (nSPS) is 20.7. The van der Waals surface area contributed by atoms with Gasteiger partial charge in [0.15, 0.2) is 0 Å². The molecule has 1 amide bonds. The summed E-state index contributed by atoms with van der Waals surface area (Å²) in [4.78, 5) is 14.6. The lowest BCUT2D eigenvalue weighted by atomic mass is 10.0. The van der Waals surface area contributed by atoms with Gasteiger partial charge < -0.3 is 14.4 Å². The molecule has 3 heterocycles. The molecule has 24 heavy (non-hydrogen) atoms. The molecule has 1 aliphatic rings. The van der Waals surface area contributed by atoms with Crippen LogP contribution in [0, 0.1) is 5.82 Å². The van der Waals surface area contributed by atoms with E-state index in [-0.39, 0.29) is 24.3 Å². The Morgan fingerprint density at radius 2 is 1.96 bits per heavy atom. The van der Waals surface area contributed by atoms with E-state index >= 15 is 0 Å². The highest BCUT2D eigenvalue weighted by atomic mass is 19.1. The highest BCUT2D eigenvalue weighted by Crippen LogP contribution is 2.33. The number of halogens is 1. The quantitative estimate of drug-likeness (QED) is 0.787. The second kappa shape index (κ2) is 5.76. The maximum Gasteiger partial charge on any atom is 0.256 e. The van der Waals surface area contributed by atoms with Gasteiger partial charge in [0.25, 0.3) is 5.91 Å². The third-order valence-corrected chi connectivity index (χ3v) is 4.55. The van der Waals surface area contributed by atoms with Crippen LogP contribution in [0.2, 0.25) is 0 Å². The number of pyridine rings is 1. The van der Waals surface area contributed by atoms with Gasteiger partial charge in [-0.3, -0.25) is 4.79 Å². The van der Waals surface area contributed by atoms with Crippen molar-refractivity contribution in [3.05, 3.63) is 77.9 Å². The molecule has 0 saturated carbocycles. The van der Waals surface area contributed by atoms with Crippen LogP contribution in [0.25, 0.3) is 5.52 Å². The van der Waals surface area contributed by atoms with E-state index in [0.717, 1.165) is 11.1 Å². The molecule has 5 heteroatoms. The van der Waals surface area contributed by atoms with E-state index in [1.807, 2.05) is 34.9 Å². The van der Waals surface area contributed by atoms with Gasteiger partial charge in [-0.2, -0.15) is 0 Å². The summed E-state index contributed by atoms with van der Waals surface area (Å²) < 4.78 is 15.1. The van der Waals surface area contributed by atoms with Crippen molar-refractivity contribution in [3.63, 3.8) is 0 Å². The monoisotopic (exact) mass is 324 g/mol. The van der Waals surface area contributed by atoms with Crippen LogP contribution in [0.5, 0.6) is 0 Å². The van der Waals surface area contributed by atoms with Crippen molar-refractivity contribution in [2.45, 2.75) is 18.6 Å². The van der Waals surface area contributed by atoms with Crippen LogP contribution < -0.4 is 0 Å². The molecule has 3 aromatic rings. The third-order valence-electron chi connectivity index (χ3n) is 4.55. The fraction of sp³-hybridized carbons (Fsp3) is 0.211. The number of rotatable bonds is 2. The van der Waals surface area contributed by atoms with Gasteiger partial charge >= 0.3 is 0 Å². The summed E-state index contributed by atoms with van der Waals surface area (Å²) >= 11 is 0. The first-order valence-corrected chi connectivity index (χ1v) is 7.93. The van der Waals surface area contributed by atoms with Gasteiger partial charge in [-0.25, -0.2) is 4.39 Å². The Balaban J connectivity index is 1.67. The molecular weight excluding hydrogens is 307 g/mol. The molecular formula is C19H17FN2O2. The van der Waals surface area contributed by atoms with Crippen molar-refractivity contribution in [3.8, 4) is 0 Å². The smallest absolute Gasteiger partial charge is 0.256 e. The Kier molecular flexibility index (Phi) is 3.58. The van der Waals surface area contributed by atoms with Crippen LogP contribution in [0.15, 0.2) is 60.9 Å². The third kappa shape index (κ3) is 2.57. The Bertz CT molecular complexity index is 855. The molecule has 0 unspecified atom stereocenters. The van der Waals surface area contributed by atoms with Crippen molar-refractivity contribution in [1.82, 2.24) is 9.30 Å². The number of benzene rings is 1. The van der Waals surface area contributed by atoms with E-state index in [1.165, 1.54) is 12.1 Å². The van der Waals surface area contributed by atoms with E-state index in [4.69, 9.17) is 0 Å². The zero-order valence-corrected chi connectivity index (χ0v) is 13.0. The minimum Gasteiger partial charge on any atom is -0.391 e. The van der Waals surface area contributed by atoms with Gasteiger partial charge in [0.2, 0.25) is 0 Å². The van der Waals surface area contributed by atoms with E-state index in [2.05, 4.69) is 0 Å². The Morgan fingerprint density at radius 3 is 2.71 bits per heavy atom. The number of carbonyl (C=O) groups excluding carboxylic acids is 1. The summed E-state index contributed by atoms with van der Waals surface area (Å²) in [7, 11) is 0. The standard InChI is InChI=1S/C19H17FN2O2/c20-15-6-4-13(5-7-15)18-10-17(23)12-22(18)19(24)14-9-16-3-1-2-8-21(16)11-14/h1-9,11,17-18,23H,10,12H2/t17-,18-/m0/s1. The number of aliphatic hydroxyl groups excluding tert-OH is 1. The van der Waals surface area contributed by atoms with Crippen LogP contribution in [-0.4, -0.2) is 33.0 Å². The molecule has 1 aromatic carbocycles. The SMILES string of the molecule is O=C(c1cc2ccccn2c1)N1C[C@@H](O)C[C@H]1c1ccc(F)cc1. The first kappa shape index (κ1) is 14.9. The van der Waals surface area contributed by atoms with Gasteiger partial charge in [0, 0.05) is 24.5 Å². The molecule has 0 spiro atoms. The largest absolute Gasteiger partial charge is 0.391 e. The number of aliphatic hydroxyl groups is 1. The number of β-amino-alcohol motifs (C(OH)–C–C–N with tert-alkyl or cyclic N) is 1. The zero-order valence-electron chi connectivity index (χ0n) is 13.0. The predicted molar refractivity (Wildman–Crippen MR) is 88.2 cm³/mol. The molecule has 0 aliphatic carbocycles. The summed E-state index contributed by atoms with van der Waals surface area (Å²) in [6, 6.07) is 13.5. The first-order valence-electron chi connectivity index (χ1n) is 7.93. The van der Waals surface area contributed by atoms with Gasteiger partial charge in [0.1, 0.15) is 5.82 Å². The number of carbonyl (C=O) groups is 1. The molecule has 1 N–H and O–H groups in total. The molecule has 0 bridgehead atoms. The summed E-state index contributed by atoms with van der Waals surface area (Å²) in [6.07, 6.45) is 3.58. The topological polar surface area (TPSA) is 45.0 Å². The molecule has 4 nitrogen and oxygen atoms in total. The Morgan fingerprint density at radius 1 is 1.17 bits per heavy atom. The summed E-state index contributed by atoms with van der Waals surface area (Å²) in [5, 5.41) is 10.0. The molecule has 2 aromatic heterocycles. The lowest BCUT2D eigenvalue weighted by molar-refractivity contribution is 0.0716. The van der Waals surface area contributed by atoms with Crippen molar-refractivity contribution in [2.75, 3.05) is 6.54 Å². The van der Waals surface area contributed by atoms with Crippen LogP contribution in [0.4, 0.5) is 4.39 Å². The lowest BCUT2D eigenvalue weighted by Crippen LogP contribution is -2.31. The van der Waals surface area contributed by atoms with Crippen LogP contribution in [0.3, 0.4) is 0 Å². The summed E-state index contributed by atoms with van der Waals surface area (Å²) in [5.74, 6) is -0.432. The number of likely N-dealkylation sites (tertiary alicyclic amines) is 1. The molecule has 1 saturated heterocycles. The molecule has 1 fully saturated rings. The number of aromatic nitrogens is 1. The minimum atomic E-state index is -0.568. The van der Waals surface area contributed by atoms with E-state index in [0.29, 0.717) is 12.0 Å². The second-order valence-electron chi connectivity index (χ2n) is 6.18.